The number of nitrogens with zero attached hydrogens (tertiary/aromatic N) is 3. The molecule has 1 saturated heterocycles. The lowest BCUT2D eigenvalue weighted by atomic mass is 10.2. The Hall–Kier alpha value is -0.570. The highest BCUT2D eigenvalue weighted by molar-refractivity contribution is 5.79. The number of likely N-dealkylation sites (N-methyl/N-ethyl adjacent to an activating group) is 1. The van der Waals surface area contributed by atoms with E-state index in [4.69, 9.17) is 0 Å². The molecule has 0 atom stereocenters. The van der Waals surface area contributed by atoms with Gasteiger partial charge < -0.3 is 9.80 Å². The molecule has 3 heteroatoms. The first-order valence-electron chi connectivity index (χ1n) is 5.54. The second-order valence-electron chi connectivity index (χ2n) is 4.57. The Kier molecular flexibility index (Phi) is 4.39. The number of hydrogen-bond donors (Lipinski definition) is 0. The van der Waals surface area contributed by atoms with Crippen LogP contribution in [0.25, 0.3) is 0 Å². The maximum atomic E-state index is 4.60. The second kappa shape index (κ2) is 5.35. The molecule has 0 saturated carbocycles. The van der Waals surface area contributed by atoms with E-state index in [9.17, 15) is 0 Å². The quantitative estimate of drug-likeness (QED) is 0.491. The Morgan fingerprint density at radius 2 is 1.79 bits per heavy atom. The fourth-order valence-electron chi connectivity index (χ4n) is 1.54. The molecule has 0 spiro atoms. The zero-order valence-corrected chi connectivity index (χ0v) is 9.95. The molecule has 0 radical (unpaired) electrons. The maximum Gasteiger partial charge on any atom is 0.0958 e. The summed E-state index contributed by atoms with van der Waals surface area (Å²) in [6.07, 6.45) is 0. The van der Waals surface area contributed by atoms with Crippen LogP contribution in [0.4, 0.5) is 0 Å². The van der Waals surface area contributed by atoms with Crippen molar-refractivity contribution in [1.29, 1.82) is 0 Å². The van der Waals surface area contributed by atoms with E-state index in [1.54, 1.807) is 0 Å². The molecule has 1 aliphatic heterocycles. The first-order valence-corrected chi connectivity index (χ1v) is 5.54. The van der Waals surface area contributed by atoms with E-state index in [0.717, 1.165) is 32.7 Å². The normalized spacial score (nSPS) is 20.6. The predicted octanol–water partition coefficient (Wildman–Crippen LogP) is 1.31. The van der Waals surface area contributed by atoms with Gasteiger partial charge in [-0.1, -0.05) is 13.8 Å². The van der Waals surface area contributed by atoms with Gasteiger partial charge in [0.05, 0.1) is 5.84 Å². The fourth-order valence-corrected chi connectivity index (χ4v) is 1.54. The van der Waals surface area contributed by atoms with Crippen LogP contribution in [-0.4, -0.2) is 55.4 Å². The van der Waals surface area contributed by atoms with Crippen molar-refractivity contribution >= 4 is 5.84 Å². The van der Waals surface area contributed by atoms with Crippen molar-refractivity contribution in [3.8, 4) is 0 Å². The van der Waals surface area contributed by atoms with Gasteiger partial charge in [0.25, 0.3) is 0 Å². The summed E-state index contributed by atoms with van der Waals surface area (Å²) in [5.41, 5.74) is 0. The molecule has 0 bridgehead atoms. The molecule has 0 aromatic carbocycles. The number of hydrogen-bond acceptors (Lipinski definition) is 2. The highest BCUT2D eigenvalue weighted by Crippen LogP contribution is 2.01. The van der Waals surface area contributed by atoms with E-state index in [-0.39, 0.29) is 0 Å². The van der Waals surface area contributed by atoms with Gasteiger partial charge in [-0.05, 0) is 19.9 Å². The van der Waals surface area contributed by atoms with E-state index < -0.39 is 0 Å². The van der Waals surface area contributed by atoms with Crippen molar-refractivity contribution in [3.05, 3.63) is 0 Å². The molecular weight excluding hydrogens is 174 g/mol. The summed E-state index contributed by atoms with van der Waals surface area (Å²) in [5, 5.41) is 0. The third-order valence-electron chi connectivity index (χ3n) is 2.65. The minimum absolute atomic E-state index is 0.664. The van der Waals surface area contributed by atoms with Crippen LogP contribution in [0.5, 0.6) is 0 Å². The number of amidine groups is 1. The summed E-state index contributed by atoms with van der Waals surface area (Å²) in [6.45, 7) is 12.1. The van der Waals surface area contributed by atoms with Gasteiger partial charge in [-0.2, -0.15) is 0 Å². The predicted molar refractivity (Wildman–Crippen MR) is 61.9 cm³/mol. The van der Waals surface area contributed by atoms with Crippen molar-refractivity contribution in [3.63, 3.8) is 0 Å². The van der Waals surface area contributed by atoms with Crippen LogP contribution in [0, 0.1) is 5.92 Å². The van der Waals surface area contributed by atoms with Gasteiger partial charge in [-0.15, -0.1) is 0 Å². The summed E-state index contributed by atoms with van der Waals surface area (Å²) in [6, 6.07) is 0. The Morgan fingerprint density at radius 3 is 2.29 bits per heavy atom. The van der Waals surface area contributed by atoms with E-state index in [2.05, 4.69) is 42.6 Å². The van der Waals surface area contributed by atoms with Gasteiger partial charge in [0.2, 0.25) is 0 Å². The first kappa shape index (κ1) is 11.5. The largest absolute Gasteiger partial charge is 0.358 e. The van der Waals surface area contributed by atoms with Crippen molar-refractivity contribution in [2.75, 3.05) is 39.8 Å². The smallest absolute Gasteiger partial charge is 0.0958 e. The van der Waals surface area contributed by atoms with E-state index in [0.29, 0.717) is 5.92 Å². The molecule has 1 aliphatic rings. The lowest BCUT2D eigenvalue weighted by Gasteiger charge is -2.33. The summed E-state index contributed by atoms with van der Waals surface area (Å²) >= 11 is 0. The van der Waals surface area contributed by atoms with Crippen LogP contribution in [0.2, 0.25) is 0 Å². The number of aliphatic imine (C=N–C) groups is 1. The Balaban J connectivity index is 2.37. The Morgan fingerprint density at radius 1 is 1.21 bits per heavy atom. The van der Waals surface area contributed by atoms with E-state index >= 15 is 0 Å². The van der Waals surface area contributed by atoms with E-state index in [1.165, 1.54) is 5.84 Å². The van der Waals surface area contributed by atoms with Gasteiger partial charge in [-0.25, -0.2) is 0 Å². The minimum atomic E-state index is 0.664. The van der Waals surface area contributed by atoms with Crippen LogP contribution in [0.15, 0.2) is 4.99 Å². The molecule has 0 N–H and O–H groups in total. The third-order valence-corrected chi connectivity index (χ3v) is 2.65. The molecule has 1 fully saturated rings. The molecule has 0 aliphatic carbocycles. The lowest BCUT2D eigenvalue weighted by Crippen LogP contribution is -2.46. The molecule has 14 heavy (non-hydrogen) atoms. The zero-order chi connectivity index (χ0) is 10.6. The van der Waals surface area contributed by atoms with Gasteiger partial charge in [0.15, 0.2) is 0 Å². The summed E-state index contributed by atoms with van der Waals surface area (Å²) in [7, 11) is 2.18. The summed E-state index contributed by atoms with van der Waals surface area (Å²) in [5.74, 6) is 1.88. The van der Waals surface area contributed by atoms with Crippen LogP contribution in [0.3, 0.4) is 0 Å². The molecule has 0 unspecified atom stereocenters. The van der Waals surface area contributed by atoms with Crippen molar-refractivity contribution in [2.45, 2.75) is 20.8 Å². The molecule has 82 valence electrons. The van der Waals surface area contributed by atoms with Gasteiger partial charge >= 0.3 is 0 Å². The molecule has 0 aromatic heterocycles. The Labute approximate surface area is 87.8 Å². The third kappa shape index (κ3) is 3.66. The monoisotopic (exact) mass is 197 g/mol. The van der Waals surface area contributed by atoms with Crippen molar-refractivity contribution < 1.29 is 0 Å². The molecule has 1 heterocycles. The minimum Gasteiger partial charge on any atom is -0.358 e. The van der Waals surface area contributed by atoms with Crippen LogP contribution in [-0.2, 0) is 0 Å². The number of rotatable bonds is 2. The topological polar surface area (TPSA) is 18.8 Å². The van der Waals surface area contributed by atoms with Gasteiger partial charge in [-0.3, -0.25) is 4.99 Å². The average molecular weight is 197 g/mol. The summed E-state index contributed by atoms with van der Waals surface area (Å²) < 4.78 is 0. The van der Waals surface area contributed by atoms with Crippen LogP contribution < -0.4 is 0 Å². The molecule has 3 nitrogen and oxygen atoms in total. The van der Waals surface area contributed by atoms with Gasteiger partial charge in [0, 0.05) is 32.7 Å². The van der Waals surface area contributed by atoms with Crippen molar-refractivity contribution in [1.82, 2.24) is 9.80 Å². The first-order chi connectivity index (χ1) is 6.59. The van der Waals surface area contributed by atoms with Gasteiger partial charge in [0.1, 0.15) is 0 Å². The summed E-state index contributed by atoms with van der Waals surface area (Å²) in [4.78, 5) is 9.35. The van der Waals surface area contributed by atoms with E-state index in [1.807, 2.05) is 0 Å². The fraction of sp³-hybridized carbons (Fsp3) is 0.909. The zero-order valence-electron chi connectivity index (χ0n) is 9.95. The molecule has 1 rings (SSSR count). The van der Waals surface area contributed by atoms with Crippen molar-refractivity contribution in [2.24, 2.45) is 10.9 Å². The average Bonchev–Trinajstić information content (AvgIpc) is 2.15. The lowest BCUT2D eigenvalue weighted by molar-refractivity contribution is 0.214. The highest BCUT2D eigenvalue weighted by Gasteiger charge is 2.14. The van der Waals surface area contributed by atoms with Crippen LogP contribution in [0.1, 0.15) is 20.8 Å². The molecule has 0 aromatic rings. The van der Waals surface area contributed by atoms with Crippen LogP contribution >= 0.6 is 0 Å². The second-order valence-corrected chi connectivity index (χ2v) is 4.57. The standard InChI is InChI=1S/C11H23N3/c1-10(2)9-12-11(3)14-7-5-13(4)6-8-14/h10H,5-9H2,1-4H3. The SMILES string of the molecule is CC(=NCC(C)C)N1CCN(C)CC1. The maximum absolute atomic E-state index is 4.60. The Bertz CT molecular complexity index is 191. The highest BCUT2D eigenvalue weighted by atomic mass is 15.3. The molecule has 0 amide bonds. The number of piperazine rings is 1. The molecular formula is C11H23N3.